The number of carbonyl (C=O) groups is 2. The van der Waals surface area contributed by atoms with Gasteiger partial charge in [0.1, 0.15) is 11.3 Å². The Hall–Kier alpha value is -1.66. The minimum absolute atomic E-state index is 0.0912. The summed E-state index contributed by atoms with van der Waals surface area (Å²) in [5, 5.41) is 9.19. The second kappa shape index (κ2) is 5.14. The van der Waals surface area contributed by atoms with Crippen molar-refractivity contribution in [3.05, 3.63) is 23.5 Å². The fourth-order valence-corrected chi connectivity index (χ4v) is 2.26. The van der Waals surface area contributed by atoms with Crippen molar-refractivity contribution >= 4 is 11.8 Å². The van der Waals surface area contributed by atoms with Crippen molar-refractivity contribution in [3.63, 3.8) is 0 Å². The van der Waals surface area contributed by atoms with E-state index in [1.807, 2.05) is 0 Å². The topological polar surface area (TPSA) is 77.8 Å². The van der Waals surface area contributed by atoms with Crippen LogP contribution in [0.3, 0.4) is 0 Å². The van der Waals surface area contributed by atoms with Crippen LogP contribution in [0.2, 0.25) is 0 Å². The first-order valence-corrected chi connectivity index (χ1v) is 6.05. The number of hydrogen-bond acceptors (Lipinski definition) is 4. The van der Waals surface area contributed by atoms with Crippen LogP contribution in [0.15, 0.2) is 12.3 Å². The molecule has 1 aromatic rings. The molecule has 0 amide bonds. The van der Waals surface area contributed by atoms with Crippen LogP contribution in [0, 0.1) is 0 Å². The molecule has 0 radical (unpaired) electrons. The van der Waals surface area contributed by atoms with Crippen LogP contribution in [0.4, 0.5) is 0 Å². The standard InChI is InChI=1S/C13H17NO5/c1-9(15)10-5-11(12(16)17)14(6-10)7-13(18-2)3-4-19-8-13/h5-6H,3-4,7-8H2,1-2H3,(H,16,17). The Bertz CT molecular complexity index is 499. The summed E-state index contributed by atoms with van der Waals surface area (Å²) in [6, 6.07) is 1.39. The van der Waals surface area contributed by atoms with Gasteiger partial charge in [-0.15, -0.1) is 0 Å². The van der Waals surface area contributed by atoms with Crippen LogP contribution in [-0.2, 0) is 16.0 Å². The second-order valence-electron chi connectivity index (χ2n) is 4.79. The highest BCUT2D eigenvalue weighted by Gasteiger charge is 2.36. The van der Waals surface area contributed by atoms with E-state index in [2.05, 4.69) is 0 Å². The van der Waals surface area contributed by atoms with Crippen molar-refractivity contribution in [2.45, 2.75) is 25.5 Å². The predicted molar refractivity (Wildman–Crippen MR) is 66.6 cm³/mol. The van der Waals surface area contributed by atoms with Crippen molar-refractivity contribution in [1.82, 2.24) is 4.57 Å². The van der Waals surface area contributed by atoms with Gasteiger partial charge in [0.25, 0.3) is 0 Å². The summed E-state index contributed by atoms with van der Waals surface area (Å²) in [6.45, 7) is 2.79. The normalized spacial score (nSPS) is 22.6. The SMILES string of the molecule is COC1(Cn2cc(C(C)=O)cc2C(=O)O)CCOC1. The molecule has 1 unspecified atom stereocenters. The molecule has 2 heterocycles. The third-order valence-electron chi connectivity index (χ3n) is 3.48. The van der Waals surface area contributed by atoms with Gasteiger partial charge in [-0.25, -0.2) is 4.79 Å². The monoisotopic (exact) mass is 267 g/mol. The van der Waals surface area contributed by atoms with E-state index >= 15 is 0 Å². The zero-order valence-electron chi connectivity index (χ0n) is 11.0. The van der Waals surface area contributed by atoms with Gasteiger partial charge in [0.05, 0.1) is 13.2 Å². The van der Waals surface area contributed by atoms with Gasteiger partial charge in [-0.3, -0.25) is 4.79 Å². The van der Waals surface area contributed by atoms with Gasteiger partial charge in [0.15, 0.2) is 5.78 Å². The first kappa shape index (κ1) is 13.8. The molecule has 104 valence electrons. The molecule has 2 rings (SSSR count). The summed E-state index contributed by atoms with van der Waals surface area (Å²) in [5.74, 6) is -1.21. The van der Waals surface area contributed by atoms with E-state index in [9.17, 15) is 14.7 Å². The molecule has 0 bridgehead atoms. The Balaban J connectivity index is 2.32. The first-order valence-electron chi connectivity index (χ1n) is 6.05. The predicted octanol–water partition coefficient (Wildman–Crippen LogP) is 1.19. The van der Waals surface area contributed by atoms with Gasteiger partial charge in [0.2, 0.25) is 0 Å². The Morgan fingerprint density at radius 1 is 1.58 bits per heavy atom. The molecule has 0 saturated carbocycles. The smallest absolute Gasteiger partial charge is 0.352 e. The van der Waals surface area contributed by atoms with Crippen molar-refractivity contribution < 1.29 is 24.2 Å². The minimum Gasteiger partial charge on any atom is -0.477 e. The molecule has 1 atom stereocenters. The van der Waals surface area contributed by atoms with Crippen molar-refractivity contribution in [2.24, 2.45) is 0 Å². The van der Waals surface area contributed by atoms with Crippen LogP contribution in [0.1, 0.15) is 34.2 Å². The van der Waals surface area contributed by atoms with Gasteiger partial charge in [-0.2, -0.15) is 0 Å². The van der Waals surface area contributed by atoms with Gasteiger partial charge >= 0.3 is 5.97 Å². The number of aromatic nitrogens is 1. The molecule has 0 spiro atoms. The zero-order valence-corrected chi connectivity index (χ0v) is 11.0. The Labute approximate surface area is 110 Å². The molecule has 1 saturated heterocycles. The largest absolute Gasteiger partial charge is 0.477 e. The number of hydrogen-bond donors (Lipinski definition) is 1. The van der Waals surface area contributed by atoms with Crippen molar-refractivity contribution in [2.75, 3.05) is 20.3 Å². The minimum atomic E-state index is -1.06. The number of ketones is 1. The highest BCUT2D eigenvalue weighted by molar-refractivity contribution is 5.97. The van der Waals surface area contributed by atoms with Crippen LogP contribution < -0.4 is 0 Å². The van der Waals surface area contributed by atoms with Crippen LogP contribution in [0.5, 0.6) is 0 Å². The highest BCUT2D eigenvalue weighted by Crippen LogP contribution is 2.26. The Morgan fingerprint density at radius 3 is 2.79 bits per heavy atom. The molecule has 6 nitrogen and oxygen atoms in total. The lowest BCUT2D eigenvalue weighted by molar-refractivity contribution is -0.0299. The van der Waals surface area contributed by atoms with E-state index in [1.54, 1.807) is 17.9 Å². The Kier molecular flexibility index (Phi) is 3.73. The lowest BCUT2D eigenvalue weighted by Gasteiger charge is -2.26. The van der Waals surface area contributed by atoms with E-state index in [4.69, 9.17) is 9.47 Å². The average molecular weight is 267 g/mol. The summed E-state index contributed by atoms with van der Waals surface area (Å²) >= 11 is 0. The Morgan fingerprint density at radius 2 is 2.32 bits per heavy atom. The third-order valence-corrected chi connectivity index (χ3v) is 3.48. The molecule has 0 aromatic carbocycles. The number of carbonyl (C=O) groups excluding carboxylic acids is 1. The van der Waals surface area contributed by atoms with Gasteiger partial charge in [-0.05, 0) is 13.0 Å². The van der Waals surface area contributed by atoms with Gasteiger partial charge < -0.3 is 19.1 Å². The lowest BCUT2D eigenvalue weighted by Crippen LogP contribution is -2.37. The van der Waals surface area contributed by atoms with Gasteiger partial charge in [0, 0.05) is 31.9 Å². The van der Waals surface area contributed by atoms with Crippen LogP contribution in [-0.4, -0.2) is 47.4 Å². The molecular weight excluding hydrogens is 250 g/mol. The number of carboxylic acids is 1. The van der Waals surface area contributed by atoms with E-state index < -0.39 is 11.6 Å². The summed E-state index contributed by atoms with van der Waals surface area (Å²) < 4.78 is 12.4. The van der Waals surface area contributed by atoms with E-state index in [0.29, 0.717) is 31.7 Å². The molecule has 1 aliphatic rings. The number of ether oxygens (including phenoxy) is 2. The lowest BCUT2D eigenvalue weighted by atomic mass is 10.0. The summed E-state index contributed by atoms with van der Waals surface area (Å²) in [5.41, 5.74) is -0.0341. The molecule has 1 fully saturated rings. The highest BCUT2D eigenvalue weighted by atomic mass is 16.5. The maximum Gasteiger partial charge on any atom is 0.352 e. The van der Waals surface area contributed by atoms with E-state index in [0.717, 1.165) is 0 Å². The molecule has 19 heavy (non-hydrogen) atoms. The third kappa shape index (κ3) is 2.69. The summed E-state index contributed by atoms with van der Waals surface area (Å²) in [6.07, 6.45) is 2.26. The zero-order chi connectivity index (χ0) is 14.0. The maximum absolute atomic E-state index is 11.4. The molecule has 1 aromatic heterocycles. The number of carboxylic acid groups (broad SMARTS) is 1. The quantitative estimate of drug-likeness (QED) is 0.811. The van der Waals surface area contributed by atoms with Crippen LogP contribution in [0.25, 0.3) is 0 Å². The van der Waals surface area contributed by atoms with Crippen molar-refractivity contribution in [1.29, 1.82) is 0 Å². The first-order chi connectivity index (χ1) is 8.97. The summed E-state index contributed by atoms with van der Waals surface area (Å²) in [4.78, 5) is 22.6. The number of Topliss-reactive ketones (excluding diaryl/α,β-unsaturated/α-hetero) is 1. The maximum atomic E-state index is 11.4. The molecule has 1 N–H and O–H groups in total. The molecule has 0 aliphatic carbocycles. The second-order valence-corrected chi connectivity index (χ2v) is 4.79. The number of methoxy groups -OCH3 is 1. The number of rotatable bonds is 5. The average Bonchev–Trinajstić information content (AvgIpc) is 2.97. The fraction of sp³-hybridized carbons (Fsp3) is 0.538. The fourth-order valence-electron chi connectivity index (χ4n) is 2.26. The van der Waals surface area contributed by atoms with Crippen LogP contribution >= 0.6 is 0 Å². The molecule has 1 aliphatic heterocycles. The summed E-state index contributed by atoms with van der Waals surface area (Å²) in [7, 11) is 1.59. The molecular formula is C13H17NO5. The number of nitrogens with zero attached hydrogens (tertiary/aromatic N) is 1. The van der Waals surface area contributed by atoms with Crippen molar-refractivity contribution in [3.8, 4) is 0 Å². The molecule has 6 heteroatoms. The van der Waals surface area contributed by atoms with E-state index in [-0.39, 0.29) is 11.5 Å². The van der Waals surface area contributed by atoms with Gasteiger partial charge in [-0.1, -0.05) is 0 Å². The number of aromatic carboxylic acids is 1. The van der Waals surface area contributed by atoms with E-state index in [1.165, 1.54) is 13.0 Å².